The van der Waals surface area contributed by atoms with Gasteiger partial charge < -0.3 is 14.2 Å². The molecule has 0 amide bonds. The molecule has 0 heterocycles. The minimum Gasteiger partial charge on any atom is -0.462 e. The molecule has 0 radical (unpaired) electrons. The molecule has 0 aliphatic carbocycles. The molecule has 310 valence electrons. The molecule has 6 nitrogen and oxygen atoms in total. The van der Waals surface area contributed by atoms with E-state index in [4.69, 9.17) is 14.2 Å². The second kappa shape index (κ2) is 42.6. The third kappa shape index (κ3) is 40.9. The van der Waals surface area contributed by atoms with Gasteiger partial charge in [0, 0.05) is 19.3 Å². The van der Waals surface area contributed by atoms with Gasteiger partial charge >= 0.3 is 17.9 Å². The van der Waals surface area contributed by atoms with E-state index in [1.807, 2.05) is 0 Å². The van der Waals surface area contributed by atoms with Crippen LogP contribution >= 0.6 is 0 Å². The van der Waals surface area contributed by atoms with Crippen molar-refractivity contribution in [2.45, 2.75) is 245 Å². The molecule has 53 heavy (non-hydrogen) atoms. The molecule has 0 rings (SSSR count). The van der Waals surface area contributed by atoms with Crippen LogP contribution in [0.1, 0.15) is 239 Å². The van der Waals surface area contributed by atoms with Gasteiger partial charge in [-0.1, -0.05) is 180 Å². The maximum absolute atomic E-state index is 12.7. The summed E-state index contributed by atoms with van der Waals surface area (Å²) >= 11 is 0. The highest BCUT2D eigenvalue weighted by molar-refractivity contribution is 5.71. The summed E-state index contributed by atoms with van der Waals surface area (Å²) in [5, 5.41) is 0. The standard InChI is InChI=1S/C47H86O6/c1-4-7-10-13-16-19-22-25-28-31-34-37-40-46(49)52-43-44(42-51-45(48)39-36-33-30-27-24-21-18-15-12-9-6-3)53-47(50)41-38-35-32-29-26-23-20-17-14-11-8-5-2/h15-16,18-19,44H,4-14,17,20-43H2,1-3H3/b18-15-,19-16-/t44-/m1/s1. The van der Waals surface area contributed by atoms with Crippen molar-refractivity contribution in [3.63, 3.8) is 0 Å². The molecule has 0 fully saturated rings. The van der Waals surface area contributed by atoms with Crippen LogP contribution in [0.5, 0.6) is 0 Å². The molecule has 0 aromatic heterocycles. The predicted octanol–water partition coefficient (Wildman–Crippen LogP) is 14.4. The first kappa shape index (κ1) is 50.9. The van der Waals surface area contributed by atoms with Crippen LogP contribution in [0.15, 0.2) is 24.3 Å². The number of unbranched alkanes of at least 4 members (excludes halogenated alkanes) is 26. The Kier molecular flexibility index (Phi) is 40.9. The molecule has 0 unspecified atom stereocenters. The smallest absolute Gasteiger partial charge is 0.306 e. The van der Waals surface area contributed by atoms with Crippen molar-refractivity contribution < 1.29 is 28.6 Å². The fourth-order valence-electron chi connectivity index (χ4n) is 6.42. The lowest BCUT2D eigenvalue weighted by Crippen LogP contribution is -2.30. The van der Waals surface area contributed by atoms with E-state index in [-0.39, 0.29) is 31.1 Å². The summed E-state index contributed by atoms with van der Waals surface area (Å²) in [5.41, 5.74) is 0. The topological polar surface area (TPSA) is 78.9 Å². The van der Waals surface area contributed by atoms with Gasteiger partial charge in [-0.15, -0.1) is 0 Å². The first-order valence-electron chi connectivity index (χ1n) is 22.8. The summed E-state index contributed by atoms with van der Waals surface area (Å²) in [6, 6.07) is 0. The van der Waals surface area contributed by atoms with E-state index in [9.17, 15) is 14.4 Å². The van der Waals surface area contributed by atoms with Gasteiger partial charge in [-0.05, 0) is 64.2 Å². The Hall–Kier alpha value is -2.11. The molecule has 0 aliphatic rings. The van der Waals surface area contributed by atoms with E-state index in [1.165, 1.54) is 128 Å². The Bertz CT molecular complexity index is 865. The monoisotopic (exact) mass is 747 g/mol. The highest BCUT2D eigenvalue weighted by Crippen LogP contribution is 2.14. The van der Waals surface area contributed by atoms with Crippen LogP contribution in [0, 0.1) is 0 Å². The average Bonchev–Trinajstić information content (AvgIpc) is 3.15. The van der Waals surface area contributed by atoms with E-state index in [0.717, 1.165) is 70.6 Å². The second-order valence-electron chi connectivity index (χ2n) is 15.3. The Morgan fingerprint density at radius 2 is 0.642 bits per heavy atom. The van der Waals surface area contributed by atoms with Gasteiger partial charge in [-0.25, -0.2) is 0 Å². The normalized spacial score (nSPS) is 12.1. The number of esters is 3. The third-order valence-corrected chi connectivity index (χ3v) is 9.93. The van der Waals surface area contributed by atoms with Crippen molar-refractivity contribution >= 4 is 17.9 Å². The minimum absolute atomic E-state index is 0.0756. The minimum atomic E-state index is -0.770. The number of carbonyl (C=O) groups is 3. The first-order valence-corrected chi connectivity index (χ1v) is 22.8. The van der Waals surface area contributed by atoms with Gasteiger partial charge in [-0.2, -0.15) is 0 Å². The number of rotatable bonds is 41. The van der Waals surface area contributed by atoms with E-state index in [1.54, 1.807) is 0 Å². The molecule has 0 aromatic rings. The Morgan fingerprint density at radius 3 is 1.04 bits per heavy atom. The molecular weight excluding hydrogens is 661 g/mol. The van der Waals surface area contributed by atoms with Crippen molar-refractivity contribution in [3.8, 4) is 0 Å². The molecule has 0 spiro atoms. The quantitative estimate of drug-likeness (QED) is 0.0268. The first-order chi connectivity index (χ1) is 26.0. The Balaban J connectivity index is 4.38. The zero-order valence-electron chi connectivity index (χ0n) is 35.3. The SMILES string of the molecule is CCCC/C=C\CCCCCCCC(=O)OC[C@H](COC(=O)CCCCCCC/C=C\CCCCC)OC(=O)CCCCCCCCCCCCCC. The highest BCUT2D eigenvalue weighted by atomic mass is 16.6. The largest absolute Gasteiger partial charge is 0.462 e. The number of allylic oxidation sites excluding steroid dienone is 4. The van der Waals surface area contributed by atoms with Crippen molar-refractivity contribution in [1.82, 2.24) is 0 Å². The number of hydrogen-bond acceptors (Lipinski definition) is 6. The zero-order valence-corrected chi connectivity index (χ0v) is 35.3. The number of carbonyl (C=O) groups excluding carboxylic acids is 3. The number of hydrogen-bond donors (Lipinski definition) is 0. The van der Waals surface area contributed by atoms with E-state index in [2.05, 4.69) is 45.1 Å². The molecule has 0 saturated heterocycles. The average molecular weight is 747 g/mol. The summed E-state index contributed by atoms with van der Waals surface area (Å²) in [6.45, 7) is 6.56. The van der Waals surface area contributed by atoms with Crippen molar-refractivity contribution in [2.24, 2.45) is 0 Å². The molecule has 0 aromatic carbocycles. The van der Waals surface area contributed by atoms with Crippen LogP contribution in [-0.4, -0.2) is 37.2 Å². The van der Waals surface area contributed by atoms with Gasteiger partial charge in [-0.3, -0.25) is 14.4 Å². The van der Waals surface area contributed by atoms with E-state index in [0.29, 0.717) is 19.3 Å². The van der Waals surface area contributed by atoms with Gasteiger partial charge in [0.25, 0.3) is 0 Å². The molecule has 1 atom stereocenters. The van der Waals surface area contributed by atoms with Crippen LogP contribution in [0.2, 0.25) is 0 Å². The maximum atomic E-state index is 12.7. The molecule has 0 saturated carbocycles. The van der Waals surface area contributed by atoms with E-state index >= 15 is 0 Å². The lowest BCUT2D eigenvalue weighted by molar-refractivity contribution is -0.167. The molecule has 0 bridgehead atoms. The Morgan fingerprint density at radius 1 is 0.358 bits per heavy atom. The maximum Gasteiger partial charge on any atom is 0.306 e. The van der Waals surface area contributed by atoms with Gasteiger partial charge in [0.2, 0.25) is 0 Å². The van der Waals surface area contributed by atoms with Gasteiger partial charge in [0.1, 0.15) is 13.2 Å². The van der Waals surface area contributed by atoms with Crippen molar-refractivity contribution in [2.75, 3.05) is 13.2 Å². The fourth-order valence-corrected chi connectivity index (χ4v) is 6.42. The third-order valence-electron chi connectivity index (χ3n) is 9.93. The van der Waals surface area contributed by atoms with Gasteiger partial charge in [0.05, 0.1) is 0 Å². The lowest BCUT2D eigenvalue weighted by atomic mass is 10.0. The predicted molar refractivity (Wildman–Crippen MR) is 224 cm³/mol. The highest BCUT2D eigenvalue weighted by Gasteiger charge is 2.19. The van der Waals surface area contributed by atoms with Crippen molar-refractivity contribution in [1.29, 1.82) is 0 Å². The summed E-state index contributed by atoms with van der Waals surface area (Å²) in [6.07, 6.45) is 45.8. The summed E-state index contributed by atoms with van der Waals surface area (Å²) in [7, 11) is 0. The second-order valence-corrected chi connectivity index (χ2v) is 15.3. The lowest BCUT2D eigenvalue weighted by Gasteiger charge is -2.18. The molecule has 0 aliphatic heterocycles. The number of ether oxygens (including phenoxy) is 3. The van der Waals surface area contributed by atoms with Crippen LogP contribution in [0.3, 0.4) is 0 Å². The summed E-state index contributed by atoms with van der Waals surface area (Å²) in [4.78, 5) is 37.7. The van der Waals surface area contributed by atoms with Crippen molar-refractivity contribution in [3.05, 3.63) is 24.3 Å². The molecular formula is C47H86O6. The summed E-state index contributed by atoms with van der Waals surface area (Å²) in [5.74, 6) is -0.890. The van der Waals surface area contributed by atoms with Crippen LogP contribution in [-0.2, 0) is 28.6 Å². The van der Waals surface area contributed by atoms with E-state index < -0.39 is 6.10 Å². The van der Waals surface area contributed by atoms with Gasteiger partial charge in [0.15, 0.2) is 6.10 Å². The van der Waals surface area contributed by atoms with Crippen LogP contribution < -0.4 is 0 Å². The van der Waals surface area contributed by atoms with Crippen LogP contribution in [0.25, 0.3) is 0 Å². The van der Waals surface area contributed by atoms with Crippen LogP contribution in [0.4, 0.5) is 0 Å². The Labute approximate surface area is 328 Å². The zero-order chi connectivity index (χ0) is 38.7. The summed E-state index contributed by atoms with van der Waals surface area (Å²) < 4.78 is 16.7. The molecule has 0 N–H and O–H groups in total. The molecule has 6 heteroatoms. The fraction of sp³-hybridized carbons (Fsp3) is 0.851.